The zero-order valence-electron chi connectivity index (χ0n) is 13.6. The molecule has 2 aromatic heterocycles. The van der Waals surface area contributed by atoms with Crippen molar-refractivity contribution >= 4 is 27.1 Å². The van der Waals surface area contributed by atoms with E-state index in [1.807, 2.05) is 17.5 Å². The molecule has 0 saturated carbocycles. The molecule has 0 fully saturated rings. The average molecular weight is 375 g/mol. The molecule has 0 aliphatic carbocycles. The van der Waals surface area contributed by atoms with E-state index in [-0.39, 0.29) is 23.8 Å². The molecule has 2 heterocycles. The van der Waals surface area contributed by atoms with Gasteiger partial charge in [-0.05, 0) is 36.6 Å². The summed E-state index contributed by atoms with van der Waals surface area (Å²) in [6.45, 7) is 1.87. The van der Waals surface area contributed by atoms with Gasteiger partial charge in [-0.15, -0.1) is 11.3 Å². The van der Waals surface area contributed by atoms with Crippen LogP contribution >= 0.6 is 11.3 Å². The number of carbonyl (C=O) groups excluding carboxylic acids is 1. The third-order valence-electron chi connectivity index (χ3n) is 3.73. The van der Waals surface area contributed by atoms with Crippen LogP contribution in [0.2, 0.25) is 0 Å². The summed E-state index contributed by atoms with van der Waals surface area (Å²) in [7, 11) is -3.76. The van der Waals surface area contributed by atoms with Crippen LogP contribution in [0.25, 0.3) is 0 Å². The Labute approximate surface area is 150 Å². The number of thiophene rings is 1. The molecule has 0 aliphatic heterocycles. The Kier molecular flexibility index (Phi) is 5.17. The number of Topliss-reactive ketones (excluding diaryl/α,β-unsaturated/α-hetero) is 1. The monoisotopic (exact) mass is 375 g/mol. The van der Waals surface area contributed by atoms with E-state index in [1.54, 1.807) is 18.2 Å². The van der Waals surface area contributed by atoms with E-state index in [4.69, 9.17) is 4.42 Å². The summed E-state index contributed by atoms with van der Waals surface area (Å²) in [5.41, 5.74) is 1.14. The highest BCUT2D eigenvalue weighted by Gasteiger charge is 2.26. The van der Waals surface area contributed by atoms with E-state index in [2.05, 4.69) is 0 Å². The van der Waals surface area contributed by atoms with Crippen LogP contribution in [0.15, 0.2) is 69.7 Å². The fraction of sp³-hybridized carbons (Fsp3) is 0.167. The molecular weight excluding hydrogens is 358 g/mol. The lowest BCUT2D eigenvalue weighted by atomic mass is 10.2. The van der Waals surface area contributed by atoms with E-state index in [9.17, 15) is 13.2 Å². The lowest BCUT2D eigenvalue weighted by Crippen LogP contribution is -2.30. The van der Waals surface area contributed by atoms with E-state index in [0.29, 0.717) is 5.56 Å². The molecule has 0 spiro atoms. The molecule has 0 amide bonds. The Morgan fingerprint density at radius 1 is 1.16 bits per heavy atom. The molecule has 0 radical (unpaired) electrons. The van der Waals surface area contributed by atoms with Crippen LogP contribution in [0.4, 0.5) is 0 Å². The lowest BCUT2D eigenvalue weighted by molar-refractivity contribution is 0.101. The molecule has 1 aromatic carbocycles. The highest BCUT2D eigenvalue weighted by atomic mass is 32.2. The van der Waals surface area contributed by atoms with E-state index >= 15 is 0 Å². The summed E-state index contributed by atoms with van der Waals surface area (Å²) in [6, 6.07) is 11.7. The van der Waals surface area contributed by atoms with Crippen molar-refractivity contribution in [3.63, 3.8) is 0 Å². The Morgan fingerprint density at radius 2 is 2.00 bits per heavy atom. The van der Waals surface area contributed by atoms with Gasteiger partial charge >= 0.3 is 0 Å². The van der Waals surface area contributed by atoms with Crippen LogP contribution in [0.5, 0.6) is 0 Å². The summed E-state index contributed by atoms with van der Waals surface area (Å²) >= 11 is 1.50. The van der Waals surface area contributed by atoms with Crippen molar-refractivity contribution in [2.45, 2.75) is 24.9 Å². The summed E-state index contributed by atoms with van der Waals surface area (Å²) < 4.78 is 32.7. The first-order valence-corrected chi connectivity index (χ1v) is 9.93. The Bertz CT molecular complexity index is 909. The first-order chi connectivity index (χ1) is 12.0. The topological polar surface area (TPSA) is 67.6 Å². The number of benzene rings is 1. The van der Waals surface area contributed by atoms with Gasteiger partial charge in [-0.2, -0.15) is 4.31 Å². The second-order valence-electron chi connectivity index (χ2n) is 5.57. The lowest BCUT2D eigenvalue weighted by Gasteiger charge is -2.21. The van der Waals surface area contributed by atoms with Gasteiger partial charge < -0.3 is 4.42 Å². The smallest absolute Gasteiger partial charge is 0.243 e. The van der Waals surface area contributed by atoms with Crippen molar-refractivity contribution < 1.29 is 17.6 Å². The van der Waals surface area contributed by atoms with Crippen molar-refractivity contribution in [3.05, 3.63) is 76.4 Å². The summed E-state index contributed by atoms with van der Waals surface area (Å²) in [5.74, 6) is -0.170. The third-order valence-corrected chi connectivity index (χ3v) is 6.38. The molecular formula is C18H17NO4S2. The maximum absolute atomic E-state index is 13.1. The van der Waals surface area contributed by atoms with Gasteiger partial charge in [-0.25, -0.2) is 8.42 Å². The minimum Gasteiger partial charge on any atom is -0.472 e. The zero-order valence-corrected chi connectivity index (χ0v) is 15.2. The SMILES string of the molecule is CC(=O)c1cccc(S(=O)(=O)N(Cc2ccoc2)Cc2cccs2)c1. The molecule has 0 saturated heterocycles. The maximum Gasteiger partial charge on any atom is 0.243 e. The minimum absolute atomic E-state index is 0.111. The minimum atomic E-state index is -3.76. The summed E-state index contributed by atoms with van der Waals surface area (Å²) in [6.07, 6.45) is 3.05. The van der Waals surface area contributed by atoms with Gasteiger partial charge in [0.2, 0.25) is 10.0 Å². The van der Waals surface area contributed by atoms with Gasteiger partial charge in [-0.3, -0.25) is 4.79 Å². The van der Waals surface area contributed by atoms with Crippen LogP contribution in [0.1, 0.15) is 27.7 Å². The van der Waals surface area contributed by atoms with Crippen molar-refractivity contribution in [1.82, 2.24) is 4.31 Å². The van der Waals surface area contributed by atoms with Gasteiger partial charge in [0.15, 0.2) is 5.78 Å². The molecule has 3 rings (SSSR count). The molecule has 7 heteroatoms. The predicted octanol–water partition coefficient (Wildman–Crippen LogP) is 3.93. The third kappa shape index (κ3) is 4.07. The highest BCUT2D eigenvalue weighted by molar-refractivity contribution is 7.89. The molecule has 0 aliphatic rings. The molecule has 0 bridgehead atoms. The maximum atomic E-state index is 13.1. The number of sulfonamides is 1. The van der Waals surface area contributed by atoms with Crippen molar-refractivity contribution in [3.8, 4) is 0 Å². The normalized spacial score (nSPS) is 11.8. The number of furan rings is 1. The molecule has 25 heavy (non-hydrogen) atoms. The molecule has 0 unspecified atom stereocenters. The van der Waals surface area contributed by atoms with Crippen LogP contribution in [0, 0.1) is 0 Å². The van der Waals surface area contributed by atoms with Gasteiger partial charge in [0.1, 0.15) is 0 Å². The van der Waals surface area contributed by atoms with Crippen LogP contribution in [-0.4, -0.2) is 18.5 Å². The Balaban J connectivity index is 1.97. The van der Waals surface area contributed by atoms with Crippen LogP contribution < -0.4 is 0 Å². The number of carbonyl (C=O) groups is 1. The second-order valence-corrected chi connectivity index (χ2v) is 8.54. The summed E-state index contributed by atoms with van der Waals surface area (Å²) in [4.78, 5) is 12.6. The Morgan fingerprint density at radius 3 is 2.64 bits per heavy atom. The van der Waals surface area contributed by atoms with Crippen molar-refractivity contribution in [1.29, 1.82) is 0 Å². The Hall–Kier alpha value is -2.22. The number of rotatable bonds is 7. The standard InChI is InChI=1S/C18H17NO4S2/c1-14(20)16-4-2-6-18(10-16)25(21,22)19(11-15-7-8-23-13-15)12-17-5-3-9-24-17/h2-10,13H,11-12H2,1H3. The molecule has 0 atom stereocenters. The van der Waals surface area contributed by atoms with Crippen LogP contribution in [-0.2, 0) is 23.1 Å². The van der Waals surface area contributed by atoms with Crippen molar-refractivity contribution in [2.75, 3.05) is 0 Å². The number of nitrogens with zero attached hydrogens (tertiary/aromatic N) is 1. The number of hydrogen-bond acceptors (Lipinski definition) is 5. The quantitative estimate of drug-likeness (QED) is 0.587. The molecule has 3 aromatic rings. The van der Waals surface area contributed by atoms with E-state index in [0.717, 1.165) is 10.4 Å². The predicted molar refractivity (Wildman–Crippen MR) is 95.9 cm³/mol. The fourth-order valence-electron chi connectivity index (χ4n) is 2.41. The molecule has 130 valence electrons. The second kappa shape index (κ2) is 7.35. The molecule has 5 nitrogen and oxygen atoms in total. The highest BCUT2D eigenvalue weighted by Crippen LogP contribution is 2.24. The number of ketones is 1. The largest absolute Gasteiger partial charge is 0.472 e. The van der Waals surface area contributed by atoms with E-state index in [1.165, 1.54) is 47.2 Å². The summed E-state index contributed by atoms with van der Waals surface area (Å²) in [5, 5.41) is 1.91. The van der Waals surface area contributed by atoms with Crippen molar-refractivity contribution in [2.24, 2.45) is 0 Å². The molecule has 0 N–H and O–H groups in total. The first kappa shape index (κ1) is 17.6. The number of hydrogen-bond donors (Lipinski definition) is 0. The zero-order chi connectivity index (χ0) is 17.9. The fourth-order valence-corrected chi connectivity index (χ4v) is 4.67. The van der Waals surface area contributed by atoms with E-state index < -0.39 is 10.0 Å². The van der Waals surface area contributed by atoms with Crippen LogP contribution in [0.3, 0.4) is 0 Å². The van der Waals surface area contributed by atoms with Gasteiger partial charge in [0.25, 0.3) is 0 Å². The average Bonchev–Trinajstić information content (AvgIpc) is 3.28. The van der Waals surface area contributed by atoms with Gasteiger partial charge in [-0.1, -0.05) is 18.2 Å². The first-order valence-electron chi connectivity index (χ1n) is 7.61. The van der Waals surface area contributed by atoms with Gasteiger partial charge in [0.05, 0.1) is 17.4 Å². The van der Waals surface area contributed by atoms with Gasteiger partial charge in [0, 0.05) is 29.1 Å².